The number of amides is 3. The number of ether oxygens (including phenoxy) is 1. The number of fused-ring (bicyclic) bond motifs is 1. The summed E-state index contributed by atoms with van der Waals surface area (Å²) in [5, 5.41) is 2.33. The van der Waals surface area contributed by atoms with Crippen molar-refractivity contribution in [3.8, 4) is 0 Å². The van der Waals surface area contributed by atoms with Crippen LogP contribution in [0.2, 0.25) is 0 Å². The molecule has 2 aromatic rings. The normalized spacial score (nSPS) is 20.2. The molecule has 3 heterocycles. The third-order valence-corrected chi connectivity index (χ3v) is 6.47. The number of imidazole rings is 1. The number of imide groups is 1. The minimum absolute atomic E-state index is 0.222. The highest BCUT2D eigenvalue weighted by Crippen LogP contribution is 2.27. The van der Waals surface area contributed by atoms with E-state index in [1.54, 1.807) is 16.5 Å². The van der Waals surface area contributed by atoms with E-state index in [1.807, 2.05) is 39.0 Å². The lowest BCUT2D eigenvalue weighted by Crippen LogP contribution is -2.44. The zero-order chi connectivity index (χ0) is 23.9. The fraction of sp³-hybridized carbons (Fsp3) is 0.583. The third-order valence-electron chi connectivity index (χ3n) is 6.47. The molecule has 0 radical (unpaired) electrons. The summed E-state index contributed by atoms with van der Waals surface area (Å²) in [6.07, 6.45) is 2.94. The minimum atomic E-state index is -0.679. The van der Waals surface area contributed by atoms with Gasteiger partial charge in [0.25, 0.3) is 0 Å². The molecule has 9 heteroatoms. The van der Waals surface area contributed by atoms with Crippen LogP contribution in [-0.4, -0.2) is 50.6 Å². The van der Waals surface area contributed by atoms with Gasteiger partial charge in [-0.25, -0.2) is 9.59 Å². The van der Waals surface area contributed by atoms with Crippen molar-refractivity contribution in [2.45, 2.75) is 64.5 Å². The smallest absolute Gasteiger partial charge is 0.410 e. The highest BCUT2D eigenvalue weighted by molar-refractivity contribution is 6.00. The Morgan fingerprint density at radius 3 is 2.42 bits per heavy atom. The van der Waals surface area contributed by atoms with Crippen molar-refractivity contribution >= 4 is 28.9 Å². The molecule has 2 fully saturated rings. The van der Waals surface area contributed by atoms with E-state index < -0.39 is 17.6 Å². The van der Waals surface area contributed by atoms with Crippen molar-refractivity contribution < 1.29 is 19.1 Å². The van der Waals surface area contributed by atoms with Gasteiger partial charge in [-0.3, -0.25) is 24.0 Å². The molecule has 1 unspecified atom stereocenters. The molecule has 3 amide bonds. The summed E-state index contributed by atoms with van der Waals surface area (Å²) in [4.78, 5) is 50.8. The van der Waals surface area contributed by atoms with Gasteiger partial charge in [0, 0.05) is 26.6 Å². The molecule has 1 N–H and O–H groups in total. The Labute approximate surface area is 192 Å². The number of piperidine rings is 2. The Morgan fingerprint density at radius 2 is 1.79 bits per heavy atom. The van der Waals surface area contributed by atoms with Gasteiger partial charge in [-0.2, -0.15) is 0 Å². The number of nitrogens with zero attached hydrogens (tertiary/aromatic N) is 3. The van der Waals surface area contributed by atoms with Crippen molar-refractivity contribution in [3.05, 3.63) is 34.2 Å². The summed E-state index contributed by atoms with van der Waals surface area (Å²) < 4.78 is 8.54. The summed E-state index contributed by atoms with van der Waals surface area (Å²) in [7, 11) is 1.70. The van der Waals surface area contributed by atoms with Crippen LogP contribution in [0.5, 0.6) is 0 Å². The average Bonchev–Trinajstić information content (AvgIpc) is 2.98. The number of benzene rings is 1. The number of carbonyl (C=O) groups excluding carboxylic acids is 3. The molecule has 178 valence electrons. The van der Waals surface area contributed by atoms with Gasteiger partial charge in [0.05, 0.1) is 11.0 Å². The summed E-state index contributed by atoms with van der Waals surface area (Å²) in [6.45, 7) is 6.95. The van der Waals surface area contributed by atoms with Crippen molar-refractivity contribution in [1.82, 2.24) is 19.4 Å². The number of rotatable bonds is 3. The zero-order valence-corrected chi connectivity index (χ0v) is 19.7. The Morgan fingerprint density at radius 1 is 1.09 bits per heavy atom. The maximum absolute atomic E-state index is 12.9. The maximum atomic E-state index is 12.9. The predicted octanol–water partition coefficient (Wildman–Crippen LogP) is 2.51. The van der Waals surface area contributed by atoms with Crippen LogP contribution < -0.4 is 11.0 Å². The highest BCUT2D eigenvalue weighted by atomic mass is 16.6. The van der Waals surface area contributed by atoms with Crippen molar-refractivity contribution in [3.63, 3.8) is 0 Å². The fourth-order valence-electron chi connectivity index (χ4n) is 4.75. The third kappa shape index (κ3) is 4.82. The molecule has 2 saturated heterocycles. The number of hydrogen-bond donors (Lipinski definition) is 1. The molecule has 1 aromatic carbocycles. The van der Waals surface area contributed by atoms with Crippen molar-refractivity contribution in [2.75, 3.05) is 13.1 Å². The van der Waals surface area contributed by atoms with Gasteiger partial charge in [0.15, 0.2) is 0 Å². The summed E-state index contributed by atoms with van der Waals surface area (Å²) in [6, 6.07) is 5.23. The lowest BCUT2D eigenvalue weighted by molar-refractivity contribution is -0.135. The van der Waals surface area contributed by atoms with E-state index in [2.05, 4.69) is 5.32 Å². The number of likely N-dealkylation sites (tertiary alicyclic amines) is 1. The van der Waals surface area contributed by atoms with Crippen LogP contribution in [0.15, 0.2) is 23.0 Å². The van der Waals surface area contributed by atoms with Gasteiger partial charge < -0.3 is 9.64 Å². The van der Waals surface area contributed by atoms with E-state index in [0.29, 0.717) is 30.9 Å². The second kappa shape index (κ2) is 8.68. The van der Waals surface area contributed by atoms with Crippen LogP contribution in [0.25, 0.3) is 11.0 Å². The van der Waals surface area contributed by atoms with Crippen LogP contribution in [0.1, 0.15) is 58.1 Å². The van der Waals surface area contributed by atoms with Crippen LogP contribution in [-0.2, 0) is 27.8 Å². The number of carbonyl (C=O) groups is 3. The first kappa shape index (κ1) is 23.1. The van der Waals surface area contributed by atoms with Crippen LogP contribution in [0, 0.1) is 5.92 Å². The first-order valence-electron chi connectivity index (χ1n) is 11.5. The Balaban J connectivity index is 1.47. The summed E-state index contributed by atoms with van der Waals surface area (Å²) >= 11 is 0. The monoisotopic (exact) mass is 456 g/mol. The van der Waals surface area contributed by atoms with Gasteiger partial charge in [-0.05, 0) is 70.1 Å². The molecule has 33 heavy (non-hydrogen) atoms. The van der Waals surface area contributed by atoms with Gasteiger partial charge >= 0.3 is 11.8 Å². The SMILES string of the molecule is Cn1c(=O)n(C2CCC(=O)NC2=O)c2ccc(CC3CCN(C(=O)OC(C)(C)C)CC3)cc21. The zero-order valence-electron chi connectivity index (χ0n) is 19.7. The number of aromatic nitrogens is 2. The van der Waals surface area contributed by atoms with Gasteiger partial charge in [-0.15, -0.1) is 0 Å². The van der Waals surface area contributed by atoms with E-state index in [9.17, 15) is 19.2 Å². The summed E-state index contributed by atoms with van der Waals surface area (Å²) in [5.41, 5.74) is 1.83. The Bertz CT molecular complexity index is 1150. The molecule has 2 aliphatic rings. The van der Waals surface area contributed by atoms with Crippen molar-refractivity contribution in [1.29, 1.82) is 0 Å². The second-order valence-electron chi connectivity index (χ2n) is 10.1. The molecule has 2 aliphatic heterocycles. The highest BCUT2D eigenvalue weighted by Gasteiger charge is 2.31. The molecule has 4 rings (SSSR count). The largest absolute Gasteiger partial charge is 0.444 e. The van der Waals surface area contributed by atoms with Crippen LogP contribution >= 0.6 is 0 Å². The lowest BCUT2D eigenvalue weighted by Gasteiger charge is -2.33. The number of hydrogen-bond acceptors (Lipinski definition) is 5. The predicted molar refractivity (Wildman–Crippen MR) is 123 cm³/mol. The number of aryl methyl sites for hydroxylation is 1. The maximum Gasteiger partial charge on any atom is 0.410 e. The van der Waals surface area contributed by atoms with Crippen molar-refractivity contribution in [2.24, 2.45) is 13.0 Å². The molecule has 0 bridgehead atoms. The first-order valence-corrected chi connectivity index (χ1v) is 11.5. The van der Waals surface area contributed by atoms with Gasteiger partial charge in [-0.1, -0.05) is 6.07 Å². The standard InChI is InChI=1S/C24H32N4O5/c1-24(2,3)33-23(32)27-11-9-15(10-12-27)13-16-5-6-17-19(14-16)26(4)22(31)28(17)18-7-8-20(29)25-21(18)30/h5-6,14-15,18H,7-13H2,1-4H3,(H,25,29,30). The van der Waals surface area contributed by atoms with E-state index >= 15 is 0 Å². The molecule has 0 saturated carbocycles. The molecular formula is C24H32N4O5. The quantitative estimate of drug-likeness (QED) is 0.715. The molecular weight excluding hydrogens is 424 g/mol. The summed E-state index contributed by atoms with van der Waals surface area (Å²) in [5.74, 6) is -0.290. The lowest BCUT2D eigenvalue weighted by atomic mass is 9.90. The van der Waals surface area contributed by atoms with Gasteiger partial charge in [0.1, 0.15) is 11.6 Å². The van der Waals surface area contributed by atoms with E-state index in [1.165, 1.54) is 4.57 Å². The van der Waals surface area contributed by atoms with E-state index in [0.717, 1.165) is 30.3 Å². The molecule has 1 atom stereocenters. The van der Waals surface area contributed by atoms with E-state index in [4.69, 9.17) is 4.74 Å². The number of nitrogens with one attached hydrogen (secondary N) is 1. The van der Waals surface area contributed by atoms with Gasteiger partial charge in [0.2, 0.25) is 11.8 Å². The first-order chi connectivity index (χ1) is 15.5. The second-order valence-corrected chi connectivity index (χ2v) is 10.1. The average molecular weight is 457 g/mol. The topological polar surface area (TPSA) is 103 Å². The van der Waals surface area contributed by atoms with Crippen LogP contribution in [0.4, 0.5) is 4.79 Å². The molecule has 9 nitrogen and oxygen atoms in total. The molecule has 0 aliphatic carbocycles. The fourth-order valence-corrected chi connectivity index (χ4v) is 4.75. The Hall–Kier alpha value is -3.10. The Kier molecular flexibility index (Phi) is 6.07. The molecule has 1 aromatic heterocycles. The van der Waals surface area contributed by atoms with E-state index in [-0.39, 0.29) is 24.1 Å². The van der Waals surface area contributed by atoms with Crippen LogP contribution in [0.3, 0.4) is 0 Å². The minimum Gasteiger partial charge on any atom is -0.444 e. The molecule has 0 spiro atoms.